The number of carbonyl (C=O) groups is 2. The molecule has 0 aromatic heterocycles. The second-order valence-corrected chi connectivity index (χ2v) is 26.2. The molecule has 432 valence electrons. The molecule has 0 amide bonds. The van der Waals surface area contributed by atoms with Gasteiger partial charge in [-0.15, -0.1) is 0 Å². The highest BCUT2D eigenvalue weighted by molar-refractivity contribution is 7.79. The largest absolute Gasteiger partial charge is 0.507 e. The highest BCUT2D eigenvalue weighted by Crippen LogP contribution is 2.78. The number of carbonyl (C=O) groups excluding carboxylic acids is 2. The molecule has 21 heteroatoms. The summed E-state index contributed by atoms with van der Waals surface area (Å²) in [5, 5.41) is 94.8. The number of aromatic hydroxyl groups is 1. The molecule has 7 fully saturated rings. The fourth-order valence-corrected chi connectivity index (χ4v) is 15.8. The number of phenols is 1. The first-order chi connectivity index (χ1) is 36.0. The molecule has 20 nitrogen and oxygen atoms in total. The Kier molecular flexibility index (Phi) is 14.4. The van der Waals surface area contributed by atoms with Crippen LogP contribution in [-0.4, -0.2) is 165 Å². The molecule has 5 aliphatic heterocycles. The smallest absolute Gasteiger partial charge is 0.394 e. The number of phenolic OH excluding ortho intramolecular Hbond substituents is 1. The Hall–Kier alpha value is -4.23. The molecule has 5 heterocycles. The molecule has 78 heavy (non-hydrogen) atoms. The number of methoxy groups -OCH3 is 1. The van der Waals surface area contributed by atoms with Crippen molar-refractivity contribution in [3.05, 3.63) is 64.2 Å². The van der Waals surface area contributed by atoms with Gasteiger partial charge in [0.25, 0.3) is 0 Å². The third kappa shape index (κ3) is 8.92. The summed E-state index contributed by atoms with van der Waals surface area (Å²) < 4.78 is 61.6. The monoisotopic (exact) mass is 1110 g/mol. The Morgan fingerprint density at radius 3 is 2.18 bits per heavy atom. The van der Waals surface area contributed by atoms with Crippen molar-refractivity contribution in [2.24, 2.45) is 29.1 Å². The first-order valence-corrected chi connectivity index (χ1v) is 28.5. The van der Waals surface area contributed by atoms with Crippen LogP contribution < -0.4 is 14.2 Å². The zero-order valence-corrected chi connectivity index (χ0v) is 47.0. The summed E-state index contributed by atoms with van der Waals surface area (Å²) in [4.78, 5) is 28.0. The molecule has 4 bridgehead atoms. The molecule has 11 rings (SSSR count). The van der Waals surface area contributed by atoms with Crippen molar-refractivity contribution in [3.8, 4) is 23.0 Å². The topological polar surface area (TPSA) is 320 Å². The Morgan fingerprint density at radius 1 is 0.859 bits per heavy atom. The SMILES string of the molecule is CC=C(C)C(=O)OC1CCC2(C)C3CCC4C5(O)CC(O)C6(O)C(CN7CC(C)CCC7C6(C)O)C5(O)CC42OC13O.COc1c(CC(=O)c2cc3c(cc2O)OC(C)(C)C(O)C3)ccc2c1C=CC(C)(C)O2.O=S(=O)(O)O. The van der Waals surface area contributed by atoms with E-state index < -0.39 is 103 Å². The second-order valence-electron chi connectivity index (χ2n) is 25.3. The third-order valence-corrected chi connectivity index (χ3v) is 19.9. The zero-order chi connectivity index (χ0) is 57.5. The van der Waals surface area contributed by atoms with Crippen LogP contribution in [-0.2, 0) is 37.5 Å². The van der Waals surface area contributed by atoms with E-state index in [2.05, 4.69) is 11.8 Å². The number of allylic oxidation sites excluding steroid dienone is 1. The van der Waals surface area contributed by atoms with Gasteiger partial charge in [-0.25, -0.2) is 4.79 Å². The van der Waals surface area contributed by atoms with Gasteiger partial charge in [-0.3, -0.25) is 18.8 Å². The molecule has 2 aromatic carbocycles. The summed E-state index contributed by atoms with van der Waals surface area (Å²) in [5.74, 6) is -2.67. The van der Waals surface area contributed by atoms with Gasteiger partial charge in [0, 0.05) is 85.2 Å². The maximum absolute atomic E-state index is 13.1. The number of nitrogens with zero attached hydrogens (tertiary/aromatic N) is 1. The number of Topliss-reactive ketones (excluding diaryl/α,β-unsaturated/α-hetero) is 1. The molecule has 1 spiro atoms. The molecule has 15 unspecified atom stereocenters. The van der Waals surface area contributed by atoms with E-state index in [1.165, 1.54) is 6.07 Å². The summed E-state index contributed by atoms with van der Waals surface area (Å²) in [5.41, 5.74) is -7.74. The lowest BCUT2D eigenvalue weighted by Crippen LogP contribution is -2.85. The van der Waals surface area contributed by atoms with Crippen molar-refractivity contribution in [2.45, 2.75) is 196 Å². The van der Waals surface area contributed by atoms with Gasteiger partial charge in [-0.05, 0) is 123 Å². The van der Waals surface area contributed by atoms with E-state index >= 15 is 0 Å². The number of rotatable bonds is 6. The Morgan fingerprint density at radius 2 is 1.53 bits per heavy atom. The van der Waals surface area contributed by atoms with Crippen LogP contribution in [0.15, 0.2) is 42.0 Å². The van der Waals surface area contributed by atoms with Crippen molar-refractivity contribution < 1.29 is 91.6 Å². The van der Waals surface area contributed by atoms with Gasteiger partial charge in [0.15, 0.2) is 11.9 Å². The van der Waals surface area contributed by atoms with Crippen molar-refractivity contribution in [1.29, 1.82) is 0 Å². The number of hydrogen-bond donors (Lipinski definition) is 10. The van der Waals surface area contributed by atoms with Gasteiger partial charge in [0.05, 0.1) is 36.0 Å². The molecular weight excluding hydrogens is 1030 g/mol. The van der Waals surface area contributed by atoms with Gasteiger partial charge in [-0.1, -0.05) is 26.0 Å². The Balaban J connectivity index is 0.000000182. The maximum atomic E-state index is 13.1. The first kappa shape index (κ1) is 58.4. The number of benzene rings is 2. The third-order valence-electron chi connectivity index (χ3n) is 19.9. The minimum absolute atomic E-state index is 0.0505. The molecule has 3 saturated heterocycles. The van der Waals surface area contributed by atoms with E-state index in [1.807, 2.05) is 45.1 Å². The van der Waals surface area contributed by atoms with Crippen LogP contribution in [0.3, 0.4) is 0 Å². The standard InChI is InChI=1S/C32H49NO9.C25H28O6.H2O4S/c1-6-18(3)25(35)41-24-11-12-26(4)19-8-9-20-28(37)13-23(34)31(39)21(29(28,38)16-30(20,26)42-32(19,24)40)15-33-14-17(2)7-10-22(33)27(31,5)36;1-24(2)9-8-16-20(30-24)7-6-14(23(16)29-5)11-18(26)17-10-15-12-22(28)25(3,4)31-21(15)13-19(17)27;1-5(2,3)4/h6,17,19-24,34,36-40H,7-16H2,1-5H3;6-10,13,22,27-28H,11-12H2,1-5H3;(H2,1,2,3,4). The summed E-state index contributed by atoms with van der Waals surface area (Å²) in [7, 11) is -3.10. The van der Waals surface area contributed by atoms with Crippen LogP contribution in [0.4, 0.5) is 0 Å². The van der Waals surface area contributed by atoms with Crippen LogP contribution in [0.1, 0.15) is 141 Å². The van der Waals surface area contributed by atoms with Crippen LogP contribution in [0.25, 0.3) is 6.08 Å². The minimum atomic E-state index is -4.67. The van der Waals surface area contributed by atoms with E-state index in [1.54, 1.807) is 53.9 Å². The van der Waals surface area contributed by atoms with E-state index in [9.17, 15) is 50.4 Å². The zero-order valence-electron chi connectivity index (χ0n) is 46.1. The summed E-state index contributed by atoms with van der Waals surface area (Å²) in [6.45, 7) is 17.6. The number of piperidine rings is 2. The van der Waals surface area contributed by atoms with E-state index in [0.29, 0.717) is 84.9 Å². The highest BCUT2D eigenvalue weighted by Gasteiger charge is 2.89. The lowest BCUT2D eigenvalue weighted by molar-refractivity contribution is -0.354. The molecule has 9 aliphatic rings. The summed E-state index contributed by atoms with van der Waals surface area (Å²) in [6, 6.07) is 6.34. The number of hydrogen-bond acceptors (Lipinski definition) is 18. The fourth-order valence-electron chi connectivity index (χ4n) is 15.8. The van der Waals surface area contributed by atoms with E-state index in [0.717, 1.165) is 12.0 Å². The first-order valence-electron chi connectivity index (χ1n) is 27.1. The van der Waals surface area contributed by atoms with Gasteiger partial charge < -0.3 is 64.5 Å². The predicted molar refractivity (Wildman–Crippen MR) is 281 cm³/mol. The average molecular weight is 1110 g/mol. The van der Waals surface area contributed by atoms with Crippen LogP contribution >= 0.6 is 0 Å². The number of ether oxygens (including phenoxy) is 5. The number of esters is 1. The van der Waals surface area contributed by atoms with Gasteiger partial charge >= 0.3 is 16.4 Å². The Labute approximate surface area is 455 Å². The summed E-state index contributed by atoms with van der Waals surface area (Å²) in [6.07, 6.45) is 5.89. The summed E-state index contributed by atoms with van der Waals surface area (Å²) >= 11 is 0. The quantitative estimate of drug-likeness (QED) is 0.0828. The van der Waals surface area contributed by atoms with Crippen LogP contribution in [0.5, 0.6) is 23.0 Å². The molecule has 15 atom stereocenters. The predicted octanol–water partition coefficient (Wildman–Crippen LogP) is 4.42. The van der Waals surface area contributed by atoms with Crippen molar-refractivity contribution in [2.75, 3.05) is 20.2 Å². The highest BCUT2D eigenvalue weighted by atomic mass is 32.3. The molecule has 0 radical (unpaired) electrons. The normalized spacial score (nSPS) is 41.2. The van der Waals surface area contributed by atoms with Crippen LogP contribution in [0.2, 0.25) is 0 Å². The average Bonchev–Trinajstić information content (AvgIpc) is 2.86. The molecule has 4 saturated carbocycles. The van der Waals surface area contributed by atoms with Crippen molar-refractivity contribution >= 4 is 28.2 Å². The molecule has 10 N–H and O–H groups in total. The molecule has 2 aromatic rings. The van der Waals surface area contributed by atoms with Gasteiger partial charge in [0.1, 0.15) is 56.6 Å². The van der Waals surface area contributed by atoms with Crippen molar-refractivity contribution in [3.63, 3.8) is 0 Å². The number of aliphatic hydroxyl groups excluding tert-OH is 2. The number of aliphatic hydroxyl groups is 7. The van der Waals surface area contributed by atoms with E-state index in [4.69, 9.17) is 41.2 Å². The second kappa shape index (κ2) is 19.2. The molecular formula is C57H79NO19S. The molecule has 4 aliphatic carbocycles. The van der Waals surface area contributed by atoms with Crippen molar-refractivity contribution in [1.82, 2.24) is 4.90 Å². The van der Waals surface area contributed by atoms with E-state index in [-0.39, 0.29) is 48.9 Å². The van der Waals surface area contributed by atoms with Gasteiger partial charge in [0.2, 0.25) is 5.79 Å². The van der Waals surface area contributed by atoms with Crippen LogP contribution in [0, 0.1) is 29.1 Å². The lowest BCUT2D eigenvalue weighted by Gasteiger charge is -2.68. The Bertz CT molecular complexity index is 2910. The lowest BCUT2D eigenvalue weighted by atomic mass is 9.49. The number of fused-ring (bicyclic) bond motifs is 7. The maximum Gasteiger partial charge on any atom is 0.394 e. The fraction of sp³-hybridized carbons (Fsp3) is 0.684. The minimum Gasteiger partial charge on any atom is -0.507 e. The van der Waals surface area contributed by atoms with Gasteiger partial charge in [-0.2, -0.15) is 8.42 Å². The number of ketones is 1.